The van der Waals surface area contributed by atoms with Crippen molar-refractivity contribution >= 4 is 30.3 Å². The number of hydroxylamine groups is 1. The number of nitrogens with one attached hydrogen (secondary N) is 2. The van der Waals surface area contributed by atoms with Gasteiger partial charge in [0.1, 0.15) is 0 Å². The average molecular weight is 287 g/mol. The number of aromatic nitrogens is 3. The maximum Gasteiger partial charge on any atom is 0.256 e. The second-order valence-electron chi connectivity index (χ2n) is 4.80. The third kappa shape index (κ3) is 3.81. The lowest BCUT2D eigenvalue weighted by molar-refractivity contribution is 0.180. The Labute approximate surface area is 118 Å². The zero-order valence-electron chi connectivity index (χ0n) is 11.1. The van der Waals surface area contributed by atoms with Crippen molar-refractivity contribution in [1.29, 1.82) is 0 Å². The second-order valence-corrected chi connectivity index (χ2v) is 4.80. The van der Waals surface area contributed by atoms with Crippen molar-refractivity contribution < 1.29 is 4.84 Å². The van der Waals surface area contributed by atoms with E-state index in [9.17, 15) is 0 Å². The molecule has 0 spiro atoms. The highest BCUT2D eigenvalue weighted by Crippen LogP contribution is 2.26. The summed E-state index contributed by atoms with van der Waals surface area (Å²) in [6.07, 6.45) is 4.75. The van der Waals surface area contributed by atoms with Crippen molar-refractivity contribution in [2.45, 2.75) is 37.8 Å². The number of rotatable bonds is 6. The van der Waals surface area contributed by atoms with E-state index in [1.807, 2.05) is 0 Å². The minimum Gasteiger partial charge on any atom is -0.351 e. The zero-order chi connectivity index (χ0) is 12.5. The third-order valence-electron chi connectivity index (χ3n) is 3.00. The van der Waals surface area contributed by atoms with Gasteiger partial charge in [-0.2, -0.15) is 15.0 Å². The summed E-state index contributed by atoms with van der Waals surface area (Å²) in [5.41, 5.74) is 0. The quantitative estimate of drug-likeness (QED) is 0.766. The molecule has 19 heavy (non-hydrogen) atoms. The van der Waals surface area contributed by atoms with Crippen LogP contribution in [0.2, 0.25) is 0 Å². The first-order valence-corrected chi connectivity index (χ1v) is 6.31. The van der Waals surface area contributed by atoms with E-state index in [4.69, 9.17) is 4.84 Å². The fraction of sp³-hybridized carbons (Fsp3) is 0.727. The van der Waals surface area contributed by atoms with Gasteiger partial charge in [0, 0.05) is 19.1 Å². The van der Waals surface area contributed by atoms with Crippen LogP contribution in [-0.4, -0.2) is 41.2 Å². The first-order chi connectivity index (χ1) is 8.74. The van der Waals surface area contributed by atoms with Crippen LogP contribution in [-0.2, 0) is 4.84 Å². The summed E-state index contributed by atoms with van der Waals surface area (Å²) in [7, 11) is 3.36. The molecular formula is C11H19ClN6O. The number of halogens is 1. The Morgan fingerprint density at radius 3 is 1.84 bits per heavy atom. The van der Waals surface area contributed by atoms with Gasteiger partial charge >= 0.3 is 0 Å². The Kier molecular flexibility index (Phi) is 4.26. The van der Waals surface area contributed by atoms with Crippen LogP contribution in [0.5, 0.6) is 0 Å². The lowest BCUT2D eigenvalue weighted by atomic mass is 10.6. The van der Waals surface area contributed by atoms with Crippen LogP contribution in [0.25, 0.3) is 0 Å². The lowest BCUT2D eigenvalue weighted by Gasteiger charge is -2.15. The van der Waals surface area contributed by atoms with Gasteiger partial charge < -0.3 is 10.6 Å². The van der Waals surface area contributed by atoms with E-state index in [1.165, 1.54) is 30.7 Å². The predicted octanol–water partition coefficient (Wildman–Crippen LogP) is 1.44. The second kappa shape index (κ2) is 5.75. The molecule has 0 aliphatic heterocycles. The first kappa shape index (κ1) is 14.1. The van der Waals surface area contributed by atoms with Crippen LogP contribution >= 0.6 is 12.4 Å². The minimum absolute atomic E-state index is 0. The highest BCUT2D eigenvalue weighted by Gasteiger charge is 2.25. The van der Waals surface area contributed by atoms with E-state index in [2.05, 4.69) is 25.6 Å². The van der Waals surface area contributed by atoms with E-state index >= 15 is 0 Å². The molecule has 2 fully saturated rings. The Hall–Kier alpha value is -1.34. The molecule has 2 aliphatic rings. The predicted molar refractivity (Wildman–Crippen MR) is 75.8 cm³/mol. The molecule has 0 bridgehead atoms. The molecule has 2 saturated carbocycles. The van der Waals surface area contributed by atoms with Crippen molar-refractivity contribution in [2.75, 3.05) is 29.9 Å². The number of anilines is 3. The van der Waals surface area contributed by atoms with Crippen molar-refractivity contribution in [1.82, 2.24) is 15.0 Å². The smallest absolute Gasteiger partial charge is 0.256 e. The zero-order valence-corrected chi connectivity index (χ0v) is 11.9. The Balaban J connectivity index is 0.00000133. The molecule has 0 saturated heterocycles. The summed E-state index contributed by atoms with van der Waals surface area (Å²) in [6, 6.07) is 1.03. The lowest BCUT2D eigenvalue weighted by Crippen LogP contribution is -2.21. The van der Waals surface area contributed by atoms with Crippen molar-refractivity contribution in [3.63, 3.8) is 0 Å². The normalized spacial score (nSPS) is 17.6. The topological polar surface area (TPSA) is 75.2 Å². The molecule has 1 heterocycles. The minimum atomic E-state index is 0. The van der Waals surface area contributed by atoms with Gasteiger partial charge in [-0.15, -0.1) is 12.4 Å². The van der Waals surface area contributed by atoms with Crippen molar-refractivity contribution in [2.24, 2.45) is 0 Å². The van der Waals surface area contributed by atoms with Crippen molar-refractivity contribution in [3.05, 3.63) is 0 Å². The fourth-order valence-electron chi connectivity index (χ4n) is 1.54. The maximum absolute atomic E-state index is 5.11. The number of nitrogens with zero attached hydrogens (tertiary/aromatic N) is 4. The van der Waals surface area contributed by atoms with E-state index in [0.717, 1.165) is 0 Å². The van der Waals surface area contributed by atoms with Crippen LogP contribution in [0.4, 0.5) is 17.8 Å². The van der Waals surface area contributed by atoms with Crippen LogP contribution in [0.3, 0.4) is 0 Å². The number of hydrogen-bond acceptors (Lipinski definition) is 7. The van der Waals surface area contributed by atoms with Crippen LogP contribution in [0.15, 0.2) is 0 Å². The van der Waals surface area contributed by atoms with E-state index in [0.29, 0.717) is 29.9 Å². The molecule has 7 nitrogen and oxygen atoms in total. The van der Waals surface area contributed by atoms with Crippen LogP contribution in [0, 0.1) is 0 Å². The molecule has 0 amide bonds. The van der Waals surface area contributed by atoms with Crippen LogP contribution < -0.4 is 15.7 Å². The fourth-order valence-corrected chi connectivity index (χ4v) is 1.54. The molecule has 3 rings (SSSR count). The monoisotopic (exact) mass is 286 g/mol. The highest BCUT2D eigenvalue weighted by atomic mass is 35.5. The van der Waals surface area contributed by atoms with Gasteiger partial charge in [-0.25, -0.2) is 5.06 Å². The standard InChI is InChI=1S/C11H18N6O.ClH/c1-17(18-2)11-15-9(12-7-3-4-7)14-10(16-11)13-8-5-6-8;/h7-8H,3-6H2,1-2H3,(H2,12,13,14,15,16);1H. The molecule has 8 heteroatoms. The maximum atomic E-state index is 5.11. The molecule has 1 aromatic rings. The molecule has 2 N–H and O–H groups in total. The Bertz CT molecular complexity index is 405. The van der Waals surface area contributed by atoms with Gasteiger partial charge in [-0.1, -0.05) is 0 Å². The molecule has 1 aromatic heterocycles. The average Bonchev–Trinajstić information content (AvgIpc) is 3.24. The Morgan fingerprint density at radius 1 is 1.00 bits per heavy atom. The van der Waals surface area contributed by atoms with E-state index in [-0.39, 0.29) is 12.4 Å². The molecule has 0 unspecified atom stereocenters. The molecule has 2 aliphatic carbocycles. The van der Waals surface area contributed by atoms with E-state index < -0.39 is 0 Å². The summed E-state index contributed by atoms with van der Waals surface area (Å²) in [4.78, 5) is 18.2. The van der Waals surface area contributed by atoms with Crippen molar-refractivity contribution in [3.8, 4) is 0 Å². The van der Waals surface area contributed by atoms with Gasteiger partial charge in [-0.3, -0.25) is 4.84 Å². The Morgan fingerprint density at radius 2 is 1.47 bits per heavy atom. The summed E-state index contributed by atoms with van der Waals surface area (Å²) in [5, 5.41) is 8.10. The summed E-state index contributed by atoms with van der Waals surface area (Å²) in [5.74, 6) is 1.75. The van der Waals surface area contributed by atoms with Gasteiger partial charge in [0.05, 0.1) is 7.11 Å². The van der Waals surface area contributed by atoms with Gasteiger partial charge in [0.15, 0.2) is 0 Å². The van der Waals surface area contributed by atoms with Crippen LogP contribution in [0.1, 0.15) is 25.7 Å². The summed E-state index contributed by atoms with van der Waals surface area (Å²) >= 11 is 0. The molecule has 0 atom stereocenters. The number of hydrogen-bond donors (Lipinski definition) is 2. The third-order valence-corrected chi connectivity index (χ3v) is 3.00. The van der Waals surface area contributed by atoms with Gasteiger partial charge in [0.2, 0.25) is 11.9 Å². The van der Waals surface area contributed by atoms with Gasteiger partial charge in [0.25, 0.3) is 5.95 Å². The first-order valence-electron chi connectivity index (χ1n) is 6.31. The summed E-state index contributed by atoms with van der Waals surface area (Å²) in [6.45, 7) is 0. The summed E-state index contributed by atoms with van der Waals surface area (Å²) < 4.78 is 0. The SMILES string of the molecule is CON(C)c1nc(NC2CC2)nc(NC2CC2)n1.Cl. The largest absolute Gasteiger partial charge is 0.351 e. The molecule has 0 aromatic carbocycles. The molecule has 106 valence electrons. The van der Waals surface area contributed by atoms with E-state index in [1.54, 1.807) is 14.2 Å². The molecular weight excluding hydrogens is 268 g/mol. The van der Waals surface area contributed by atoms with Gasteiger partial charge in [-0.05, 0) is 25.7 Å². The highest BCUT2D eigenvalue weighted by molar-refractivity contribution is 5.85. The molecule has 0 radical (unpaired) electrons.